The van der Waals surface area contributed by atoms with Gasteiger partial charge in [0.1, 0.15) is 0 Å². The Bertz CT molecular complexity index is 845. The maximum atomic E-state index is 12.4. The fraction of sp³-hybridized carbons (Fsp3) is 0.389. The molecule has 24 heavy (non-hydrogen) atoms. The zero-order valence-corrected chi connectivity index (χ0v) is 14.9. The van der Waals surface area contributed by atoms with Crippen LogP contribution in [-0.2, 0) is 11.2 Å². The second-order valence-electron chi connectivity index (χ2n) is 6.13. The van der Waals surface area contributed by atoms with Crippen LogP contribution in [0.25, 0.3) is 0 Å². The number of rotatable bonds is 4. The van der Waals surface area contributed by atoms with E-state index in [-0.39, 0.29) is 23.9 Å². The molecule has 0 aliphatic carbocycles. The smallest absolute Gasteiger partial charge is 0.254 e. The summed E-state index contributed by atoms with van der Waals surface area (Å²) in [7, 11) is 0. The first-order chi connectivity index (χ1) is 11.5. The molecule has 0 saturated heterocycles. The van der Waals surface area contributed by atoms with Gasteiger partial charge in [-0.15, -0.1) is 0 Å². The lowest BCUT2D eigenvalue weighted by Crippen LogP contribution is -2.27. The van der Waals surface area contributed by atoms with E-state index in [9.17, 15) is 9.59 Å². The molecule has 1 unspecified atom stereocenters. The van der Waals surface area contributed by atoms with E-state index in [0.29, 0.717) is 5.75 Å². The van der Waals surface area contributed by atoms with Crippen molar-refractivity contribution in [2.45, 2.75) is 44.8 Å². The molecule has 0 saturated carbocycles. The van der Waals surface area contributed by atoms with E-state index in [2.05, 4.69) is 10.3 Å². The van der Waals surface area contributed by atoms with Gasteiger partial charge in [0.05, 0.1) is 6.04 Å². The molecule has 2 heterocycles. The molecule has 1 aromatic carbocycles. The number of hydrogen-bond acceptors (Lipinski definition) is 4. The number of fused-ring (bicyclic) bond motifs is 1. The van der Waals surface area contributed by atoms with Gasteiger partial charge in [-0.25, -0.2) is 4.98 Å². The highest BCUT2D eigenvalue weighted by Crippen LogP contribution is 2.32. The molecule has 3 rings (SSSR count). The van der Waals surface area contributed by atoms with E-state index < -0.39 is 0 Å². The summed E-state index contributed by atoms with van der Waals surface area (Å²) >= 11 is 1.55. The highest BCUT2D eigenvalue weighted by Gasteiger charge is 2.27. The number of aromatic nitrogens is 2. The number of hydrogen-bond donors (Lipinski definition) is 1. The number of carbonyl (C=O) groups excluding carboxylic acids is 1. The van der Waals surface area contributed by atoms with E-state index >= 15 is 0 Å². The molecule has 1 aliphatic heterocycles. The molecule has 1 amide bonds. The van der Waals surface area contributed by atoms with Crippen molar-refractivity contribution in [3.63, 3.8) is 0 Å². The van der Waals surface area contributed by atoms with Crippen LogP contribution in [0.3, 0.4) is 0 Å². The zero-order chi connectivity index (χ0) is 17.3. The first-order valence-corrected chi connectivity index (χ1v) is 9.09. The van der Waals surface area contributed by atoms with Crippen molar-refractivity contribution >= 4 is 23.4 Å². The lowest BCUT2D eigenvalue weighted by Gasteiger charge is -2.14. The Morgan fingerprint density at radius 1 is 1.38 bits per heavy atom. The Hall–Kier alpha value is -2.08. The summed E-state index contributed by atoms with van der Waals surface area (Å²) in [5.74, 6) is 0.629. The van der Waals surface area contributed by atoms with Crippen LogP contribution in [0.1, 0.15) is 36.2 Å². The molecular formula is C18H21N3O2S. The summed E-state index contributed by atoms with van der Waals surface area (Å²) in [4.78, 5) is 29.2. The monoisotopic (exact) mass is 343 g/mol. The average molecular weight is 343 g/mol. The molecular weight excluding hydrogens is 322 g/mol. The van der Waals surface area contributed by atoms with E-state index in [1.54, 1.807) is 22.4 Å². The Morgan fingerprint density at radius 2 is 2.17 bits per heavy atom. The van der Waals surface area contributed by atoms with Crippen LogP contribution in [0.5, 0.6) is 0 Å². The molecule has 2 aromatic rings. The van der Waals surface area contributed by atoms with Gasteiger partial charge >= 0.3 is 0 Å². The number of nitrogens with one attached hydrogen (secondary N) is 1. The molecule has 1 N–H and O–H groups in total. The molecule has 6 heteroatoms. The third-order valence-electron chi connectivity index (χ3n) is 4.19. The average Bonchev–Trinajstić information content (AvgIpc) is 2.94. The summed E-state index contributed by atoms with van der Waals surface area (Å²) in [6.07, 6.45) is 1.02. The van der Waals surface area contributed by atoms with Gasteiger partial charge in [-0.2, -0.15) is 0 Å². The fourth-order valence-electron chi connectivity index (χ4n) is 2.82. The number of amides is 1. The van der Waals surface area contributed by atoms with Crippen LogP contribution in [0, 0.1) is 13.8 Å². The summed E-state index contributed by atoms with van der Waals surface area (Å²) < 4.78 is 1.66. The first-order valence-electron chi connectivity index (χ1n) is 8.10. The summed E-state index contributed by atoms with van der Waals surface area (Å²) in [5.41, 5.74) is 3.70. The van der Waals surface area contributed by atoms with Crippen LogP contribution >= 0.6 is 11.8 Å². The van der Waals surface area contributed by atoms with Crippen molar-refractivity contribution in [1.29, 1.82) is 0 Å². The Balaban J connectivity index is 1.76. The number of nitrogens with zero attached hydrogens (tertiary/aromatic N) is 2. The van der Waals surface area contributed by atoms with Crippen LogP contribution in [0.2, 0.25) is 0 Å². The molecule has 0 bridgehead atoms. The fourth-order valence-corrected chi connectivity index (χ4v) is 3.98. The number of thioether (sulfide) groups is 1. The molecule has 0 spiro atoms. The van der Waals surface area contributed by atoms with Crippen LogP contribution < -0.4 is 10.9 Å². The van der Waals surface area contributed by atoms with Gasteiger partial charge in [-0.05, 0) is 37.5 Å². The van der Waals surface area contributed by atoms with Crippen molar-refractivity contribution in [2.75, 3.05) is 11.1 Å². The van der Waals surface area contributed by atoms with Gasteiger partial charge in [-0.1, -0.05) is 30.8 Å². The number of aryl methyl sites for hydroxylation is 3. The van der Waals surface area contributed by atoms with Gasteiger partial charge in [0.25, 0.3) is 5.56 Å². The number of benzene rings is 1. The van der Waals surface area contributed by atoms with Crippen LogP contribution in [-0.4, -0.2) is 21.2 Å². The molecule has 5 nitrogen and oxygen atoms in total. The minimum absolute atomic E-state index is 0.0635. The van der Waals surface area contributed by atoms with Crippen molar-refractivity contribution < 1.29 is 4.79 Å². The van der Waals surface area contributed by atoms with Gasteiger partial charge in [0.2, 0.25) is 5.91 Å². The number of anilines is 1. The quantitative estimate of drug-likeness (QED) is 0.867. The van der Waals surface area contributed by atoms with Gasteiger partial charge in [0.15, 0.2) is 5.16 Å². The second kappa shape index (κ2) is 6.81. The van der Waals surface area contributed by atoms with Crippen LogP contribution in [0.15, 0.2) is 34.2 Å². The maximum Gasteiger partial charge on any atom is 0.254 e. The molecule has 126 valence electrons. The molecule has 1 aromatic heterocycles. The topological polar surface area (TPSA) is 64.0 Å². The third kappa shape index (κ3) is 3.38. The highest BCUT2D eigenvalue weighted by atomic mass is 32.2. The van der Waals surface area contributed by atoms with Crippen molar-refractivity contribution in [3.05, 3.63) is 51.4 Å². The Labute approximate surface area is 145 Å². The summed E-state index contributed by atoms with van der Waals surface area (Å²) in [6, 6.07) is 7.41. The SMILES string of the molecule is CCc1cc(=O)n2c(n1)SCC2CC(=O)Nc1cc(C)ccc1C. The molecule has 0 radical (unpaired) electrons. The standard InChI is InChI=1S/C18H21N3O2S/c1-4-13-8-17(23)21-14(10-24-18(21)19-13)9-16(22)20-15-7-11(2)5-6-12(15)3/h5-8,14H,4,9-10H2,1-3H3,(H,20,22). The minimum atomic E-state index is -0.138. The lowest BCUT2D eigenvalue weighted by atomic mass is 10.1. The summed E-state index contributed by atoms with van der Waals surface area (Å²) in [5, 5.41) is 3.69. The predicted molar refractivity (Wildman–Crippen MR) is 96.8 cm³/mol. The van der Waals surface area contributed by atoms with Gasteiger partial charge in [-0.3, -0.25) is 14.2 Å². The molecule has 0 fully saturated rings. The minimum Gasteiger partial charge on any atom is -0.326 e. The van der Waals surface area contributed by atoms with E-state index in [4.69, 9.17) is 0 Å². The predicted octanol–water partition coefficient (Wildman–Crippen LogP) is 3.10. The van der Waals surface area contributed by atoms with Gasteiger partial charge in [0, 0.05) is 29.6 Å². The normalized spacial score (nSPS) is 16.0. The van der Waals surface area contributed by atoms with Crippen molar-refractivity contribution in [2.24, 2.45) is 0 Å². The maximum absolute atomic E-state index is 12.4. The van der Waals surface area contributed by atoms with Crippen molar-refractivity contribution in [1.82, 2.24) is 9.55 Å². The Morgan fingerprint density at radius 3 is 2.92 bits per heavy atom. The third-order valence-corrected chi connectivity index (χ3v) is 5.29. The molecule has 1 atom stereocenters. The van der Waals surface area contributed by atoms with Gasteiger partial charge < -0.3 is 5.32 Å². The second-order valence-corrected chi connectivity index (χ2v) is 7.11. The zero-order valence-electron chi connectivity index (χ0n) is 14.1. The van der Waals surface area contributed by atoms with E-state index in [0.717, 1.165) is 34.1 Å². The largest absolute Gasteiger partial charge is 0.326 e. The van der Waals surface area contributed by atoms with Crippen LogP contribution in [0.4, 0.5) is 5.69 Å². The Kier molecular flexibility index (Phi) is 4.76. The van der Waals surface area contributed by atoms with Crippen molar-refractivity contribution in [3.8, 4) is 0 Å². The highest BCUT2D eigenvalue weighted by molar-refractivity contribution is 7.99. The first kappa shape index (κ1) is 16.8. The molecule has 1 aliphatic rings. The van der Waals surface area contributed by atoms with E-state index in [1.807, 2.05) is 39.0 Å². The number of carbonyl (C=O) groups is 1. The van der Waals surface area contributed by atoms with E-state index in [1.165, 1.54) is 0 Å². The summed E-state index contributed by atoms with van der Waals surface area (Å²) in [6.45, 7) is 5.94. The lowest BCUT2D eigenvalue weighted by molar-refractivity contribution is -0.116.